The lowest BCUT2D eigenvalue weighted by atomic mass is 10.1. The predicted octanol–water partition coefficient (Wildman–Crippen LogP) is 3.15. The van der Waals surface area contributed by atoms with E-state index in [4.69, 9.17) is 12.2 Å². The van der Waals surface area contributed by atoms with Crippen molar-refractivity contribution in [3.05, 3.63) is 61.3 Å². The molecule has 0 unspecified atom stereocenters. The first-order chi connectivity index (χ1) is 11.1. The first-order valence-electron chi connectivity index (χ1n) is 6.97. The van der Waals surface area contributed by atoms with Crippen LogP contribution in [0.15, 0.2) is 40.5 Å². The summed E-state index contributed by atoms with van der Waals surface area (Å²) in [6.45, 7) is 0.517. The van der Waals surface area contributed by atoms with Gasteiger partial charge in [-0.25, -0.2) is 4.79 Å². The molecule has 0 saturated heterocycles. The largest absolute Gasteiger partial charge is 0.465 e. The maximum absolute atomic E-state index is 12.6. The molecule has 23 heavy (non-hydrogen) atoms. The summed E-state index contributed by atoms with van der Waals surface area (Å²) >= 11 is 6.95. The molecule has 0 aliphatic rings. The zero-order valence-corrected chi connectivity index (χ0v) is 14.0. The molecule has 7 heteroatoms. The van der Waals surface area contributed by atoms with Crippen molar-refractivity contribution in [3.63, 3.8) is 0 Å². The van der Waals surface area contributed by atoms with Crippen molar-refractivity contribution in [1.29, 1.82) is 0 Å². The lowest BCUT2D eigenvalue weighted by molar-refractivity contribution is 0.0601. The Bertz CT molecular complexity index is 971. The summed E-state index contributed by atoms with van der Waals surface area (Å²) in [5, 5.41) is 2.51. The molecule has 1 aromatic carbocycles. The minimum Gasteiger partial charge on any atom is -0.465 e. The van der Waals surface area contributed by atoms with Crippen LogP contribution in [0.25, 0.3) is 10.9 Å². The summed E-state index contributed by atoms with van der Waals surface area (Å²) in [5.41, 5.74) is 0.758. The molecule has 0 atom stereocenters. The standard InChI is InChI=1S/C16H14N2O3S2/c1-21-15(20)10-4-5-12-13(9-10)17-16(22)18(14(12)19)7-6-11-3-2-8-23-11/h2-5,8-9H,6-7H2,1H3,(H,17,22). The number of ether oxygens (including phenoxy) is 1. The number of nitrogens with one attached hydrogen (secondary N) is 1. The number of hydrogen-bond donors (Lipinski definition) is 1. The van der Waals surface area contributed by atoms with Gasteiger partial charge in [0.1, 0.15) is 0 Å². The van der Waals surface area contributed by atoms with Crippen LogP contribution in [0, 0.1) is 4.77 Å². The monoisotopic (exact) mass is 346 g/mol. The van der Waals surface area contributed by atoms with Crippen molar-refractivity contribution in [1.82, 2.24) is 9.55 Å². The van der Waals surface area contributed by atoms with Crippen LogP contribution in [0.2, 0.25) is 0 Å². The van der Waals surface area contributed by atoms with E-state index in [1.54, 1.807) is 34.1 Å². The minimum atomic E-state index is -0.451. The van der Waals surface area contributed by atoms with E-state index in [-0.39, 0.29) is 5.56 Å². The Morgan fingerprint density at radius 1 is 1.39 bits per heavy atom. The third kappa shape index (κ3) is 3.11. The van der Waals surface area contributed by atoms with Gasteiger partial charge in [-0.1, -0.05) is 6.07 Å². The molecular formula is C16H14N2O3S2. The third-order valence-electron chi connectivity index (χ3n) is 3.56. The average molecular weight is 346 g/mol. The number of aromatic amines is 1. The molecule has 2 aromatic heterocycles. The van der Waals surface area contributed by atoms with Crippen molar-refractivity contribution in [3.8, 4) is 0 Å². The van der Waals surface area contributed by atoms with Gasteiger partial charge in [0, 0.05) is 11.4 Å². The second-order valence-corrected chi connectivity index (χ2v) is 6.39. The number of carbonyl (C=O) groups is 1. The molecule has 3 aromatic rings. The molecule has 0 spiro atoms. The van der Waals surface area contributed by atoms with E-state index in [9.17, 15) is 9.59 Å². The molecule has 2 heterocycles. The van der Waals surface area contributed by atoms with E-state index in [1.807, 2.05) is 17.5 Å². The van der Waals surface area contributed by atoms with E-state index in [0.29, 0.717) is 27.8 Å². The summed E-state index contributed by atoms with van der Waals surface area (Å²) in [7, 11) is 1.32. The fourth-order valence-electron chi connectivity index (χ4n) is 2.38. The Balaban J connectivity index is 2.02. The quantitative estimate of drug-likeness (QED) is 0.582. The number of rotatable bonds is 4. The van der Waals surface area contributed by atoms with Gasteiger partial charge in [-0.2, -0.15) is 0 Å². The maximum atomic E-state index is 12.6. The van der Waals surface area contributed by atoms with Crippen LogP contribution in [-0.4, -0.2) is 22.6 Å². The number of nitrogens with zero attached hydrogens (tertiary/aromatic N) is 1. The first kappa shape index (κ1) is 15.6. The SMILES string of the molecule is COC(=O)c1ccc2c(=O)n(CCc3cccs3)c(=S)[nH]c2c1. The van der Waals surface area contributed by atoms with Gasteiger partial charge in [0.25, 0.3) is 5.56 Å². The van der Waals surface area contributed by atoms with Crippen LogP contribution in [0.3, 0.4) is 0 Å². The van der Waals surface area contributed by atoms with E-state index < -0.39 is 5.97 Å². The molecule has 5 nitrogen and oxygen atoms in total. The molecular weight excluding hydrogens is 332 g/mol. The second-order valence-electron chi connectivity index (χ2n) is 4.97. The van der Waals surface area contributed by atoms with Crippen LogP contribution in [0.4, 0.5) is 0 Å². The third-order valence-corrected chi connectivity index (χ3v) is 4.82. The molecule has 0 aliphatic heterocycles. The number of fused-ring (bicyclic) bond motifs is 1. The summed E-state index contributed by atoms with van der Waals surface area (Å²) in [4.78, 5) is 28.4. The zero-order chi connectivity index (χ0) is 16.4. The number of benzene rings is 1. The lowest BCUT2D eigenvalue weighted by Crippen LogP contribution is -2.23. The Morgan fingerprint density at radius 3 is 2.91 bits per heavy atom. The second kappa shape index (κ2) is 6.47. The van der Waals surface area contributed by atoms with Crippen LogP contribution in [0.1, 0.15) is 15.2 Å². The number of hydrogen-bond acceptors (Lipinski definition) is 5. The number of methoxy groups -OCH3 is 1. The highest BCUT2D eigenvalue weighted by Gasteiger charge is 2.10. The number of thiophene rings is 1. The fourth-order valence-corrected chi connectivity index (χ4v) is 3.36. The Kier molecular flexibility index (Phi) is 4.40. The zero-order valence-electron chi connectivity index (χ0n) is 12.4. The van der Waals surface area contributed by atoms with Gasteiger partial charge in [0.2, 0.25) is 0 Å². The first-order valence-corrected chi connectivity index (χ1v) is 8.26. The lowest BCUT2D eigenvalue weighted by Gasteiger charge is -2.08. The smallest absolute Gasteiger partial charge is 0.337 e. The fraction of sp³-hybridized carbons (Fsp3) is 0.188. The number of aromatic nitrogens is 2. The molecule has 0 bridgehead atoms. The highest BCUT2D eigenvalue weighted by Crippen LogP contribution is 2.13. The van der Waals surface area contributed by atoms with Crippen LogP contribution in [0.5, 0.6) is 0 Å². The van der Waals surface area contributed by atoms with Gasteiger partial charge in [-0.05, 0) is 48.3 Å². The van der Waals surface area contributed by atoms with Crippen molar-refractivity contribution in [2.24, 2.45) is 0 Å². The molecule has 0 aliphatic carbocycles. The minimum absolute atomic E-state index is 0.156. The molecule has 3 rings (SSSR count). The maximum Gasteiger partial charge on any atom is 0.337 e. The number of aryl methyl sites for hydroxylation is 1. The Labute approximate surface area is 141 Å². The normalized spacial score (nSPS) is 10.8. The van der Waals surface area contributed by atoms with E-state index in [1.165, 1.54) is 12.0 Å². The van der Waals surface area contributed by atoms with Crippen molar-refractivity contribution >= 4 is 40.4 Å². The molecule has 0 saturated carbocycles. The molecule has 0 fully saturated rings. The molecule has 1 N–H and O–H groups in total. The Hall–Kier alpha value is -2.25. The van der Waals surface area contributed by atoms with Gasteiger partial charge in [0.05, 0.1) is 23.6 Å². The Morgan fingerprint density at radius 2 is 2.22 bits per heavy atom. The molecule has 0 amide bonds. The summed E-state index contributed by atoms with van der Waals surface area (Å²) < 4.78 is 6.59. The van der Waals surface area contributed by atoms with Gasteiger partial charge in [-0.3, -0.25) is 9.36 Å². The van der Waals surface area contributed by atoms with E-state index in [0.717, 1.165) is 6.42 Å². The topological polar surface area (TPSA) is 64.1 Å². The number of esters is 1. The van der Waals surface area contributed by atoms with Crippen LogP contribution < -0.4 is 5.56 Å². The van der Waals surface area contributed by atoms with E-state index >= 15 is 0 Å². The van der Waals surface area contributed by atoms with Crippen molar-refractivity contribution in [2.45, 2.75) is 13.0 Å². The summed E-state index contributed by atoms with van der Waals surface area (Å²) in [5.74, 6) is -0.451. The van der Waals surface area contributed by atoms with E-state index in [2.05, 4.69) is 9.72 Å². The van der Waals surface area contributed by atoms with Gasteiger partial charge < -0.3 is 9.72 Å². The van der Waals surface area contributed by atoms with Crippen LogP contribution >= 0.6 is 23.6 Å². The van der Waals surface area contributed by atoms with Crippen molar-refractivity contribution < 1.29 is 9.53 Å². The summed E-state index contributed by atoms with van der Waals surface area (Å²) in [6, 6.07) is 8.80. The molecule has 118 valence electrons. The highest BCUT2D eigenvalue weighted by atomic mass is 32.1. The van der Waals surface area contributed by atoms with Crippen molar-refractivity contribution in [2.75, 3.05) is 7.11 Å². The predicted molar refractivity (Wildman–Crippen MR) is 92.8 cm³/mol. The van der Waals surface area contributed by atoms with Gasteiger partial charge in [0.15, 0.2) is 4.77 Å². The summed E-state index contributed by atoms with van der Waals surface area (Å²) in [6.07, 6.45) is 0.751. The average Bonchev–Trinajstić information content (AvgIpc) is 3.06. The van der Waals surface area contributed by atoms with Crippen LogP contribution in [-0.2, 0) is 17.7 Å². The number of H-pyrrole nitrogens is 1. The molecule has 0 radical (unpaired) electrons. The van der Waals surface area contributed by atoms with Gasteiger partial charge >= 0.3 is 5.97 Å². The van der Waals surface area contributed by atoms with Gasteiger partial charge in [-0.15, -0.1) is 11.3 Å². The highest BCUT2D eigenvalue weighted by molar-refractivity contribution is 7.71. The number of carbonyl (C=O) groups excluding carboxylic acids is 1.